The Balaban J connectivity index is 1.83. The monoisotopic (exact) mass is 414 g/mol. The fraction of sp³-hybridized carbons (Fsp3) is 0.0476. The number of hydrogen-bond acceptors (Lipinski definition) is 2. The molecule has 0 aliphatic rings. The summed E-state index contributed by atoms with van der Waals surface area (Å²) < 4.78 is 1.88. The minimum absolute atomic E-state index is 0.0406. The molecule has 0 fully saturated rings. The maximum absolute atomic E-state index is 12.8. The third-order valence-electron chi connectivity index (χ3n) is 4.29. The van der Waals surface area contributed by atoms with Gasteiger partial charge in [-0.2, -0.15) is 0 Å². The van der Waals surface area contributed by atoms with Crippen molar-refractivity contribution in [3.8, 4) is 11.4 Å². The van der Waals surface area contributed by atoms with E-state index in [1.807, 2.05) is 34.9 Å². The zero-order valence-corrected chi connectivity index (χ0v) is 16.3. The maximum Gasteiger partial charge on any atom is 0.182 e. The minimum Gasteiger partial charge on any atom is -0.316 e. The molecule has 0 aliphatic heterocycles. The van der Waals surface area contributed by atoms with Gasteiger partial charge >= 0.3 is 0 Å². The Hall–Kier alpha value is -2.33. The number of carbonyl (C=O) groups is 1. The van der Waals surface area contributed by atoms with Gasteiger partial charge in [0.2, 0.25) is 0 Å². The third-order valence-corrected chi connectivity index (χ3v) is 5.09. The molecular weight excluding hydrogens is 403 g/mol. The van der Waals surface area contributed by atoms with Crippen LogP contribution in [0.3, 0.4) is 0 Å². The Morgan fingerprint density at radius 3 is 2.33 bits per heavy atom. The minimum atomic E-state index is -0.0406. The number of Topliss-reactive ketones (excluding diaryl/α,β-unsaturated/α-hetero) is 1. The van der Waals surface area contributed by atoms with Gasteiger partial charge in [0, 0.05) is 21.2 Å². The highest BCUT2D eigenvalue weighted by molar-refractivity contribution is 6.36. The Bertz CT molecular complexity index is 1150. The van der Waals surface area contributed by atoms with Gasteiger partial charge in [0.1, 0.15) is 5.82 Å². The van der Waals surface area contributed by atoms with Crippen molar-refractivity contribution in [1.82, 2.24) is 9.55 Å². The molecule has 3 aromatic carbocycles. The lowest BCUT2D eigenvalue weighted by Crippen LogP contribution is -2.11. The lowest BCUT2D eigenvalue weighted by atomic mass is 10.1. The molecule has 1 heterocycles. The van der Waals surface area contributed by atoms with Crippen molar-refractivity contribution >= 4 is 51.6 Å². The second kappa shape index (κ2) is 7.35. The zero-order chi connectivity index (χ0) is 19.0. The van der Waals surface area contributed by atoms with Crippen LogP contribution in [0.4, 0.5) is 0 Å². The van der Waals surface area contributed by atoms with Crippen molar-refractivity contribution in [2.45, 2.75) is 6.54 Å². The largest absolute Gasteiger partial charge is 0.316 e. The van der Waals surface area contributed by atoms with Gasteiger partial charge in [-0.1, -0.05) is 46.9 Å². The summed E-state index contributed by atoms with van der Waals surface area (Å²) in [6.07, 6.45) is 0. The van der Waals surface area contributed by atoms with Gasteiger partial charge in [-0.3, -0.25) is 4.79 Å². The van der Waals surface area contributed by atoms with Gasteiger partial charge in [-0.25, -0.2) is 4.98 Å². The zero-order valence-electron chi connectivity index (χ0n) is 14.0. The summed E-state index contributed by atoms with van der Waals surface area (Å²) in [4.78, 5) is 17.5. The quantitative estimate of drug-likeness (QED) is 0.354. The van der Waals surface area contributed by atoms with Crippen LogP contribution >= 0.6 is 34.8 Å². The summed E-state index contributed by atoms with van der Waals surface area (Å²) >= 11 is 18.3. The molecule has 1 aromatic heterocycles. The Morgan fingerprint density at radius 2 is 1.59 bits per heavy atom. The third kappa shape index (κ3) is 3.59. The molecule has 0 unspecified atom stereocenters. The van der Waals surface area contributed by atoms with Crippen LogP contribution in [-0.2, 0) is 6.54 Å². The van der Waals surface area contributed by atoms with Gasteiger partial charge < -0.3 is 4.57 Å². The standard InChI is InChI=1S/C21H13Cl3N2O/c22-14-7-5-13(6-8-14)20(27)12-26-19-4-2-1-3-18(19)25-21(26)16-10-9-15(23)11-17(16)24/h1-11H,12H2. The number of aromatic nitrogens is 2. The molecule has 4 rings (SSSR count). The predicted molar refractivity (Wildman–Crippen MR) is 111 cm³/mol. The van der Waals surface area contributed by atoms with Gasteiger partial charge in [-0.05, 0) is 54.6 Å². The molecule has 4 aromatic rings. The van der Waals surface area contributed by atoms with Crippen LogP contribution in [0.5, 0.6) is 0 Å². The average Bonchev–Trinajstić information content (AvgIpc) is 3.00. The van der Waals surface area contributed by atoms with Crippen molar-refractivity contribution in [2.75, 3.05) is 0 Å². The normalized spacial score (nSPS) is 11.1. The number of ketones is 1. The number of rotatable bonds is 4. The van der Waals surface area contributed by atoms with Crippen molar-refractivity contribution in [2.24, 2.45) is 0 Å². The number of benzene rings is 3. The molecule has 6 heteroatoms. The van der Waals surface area contributed by atoms with E-state index in [4.69, 9.17) is 39.8 Å². The van der Waals surface area contributed by atoms with E-state index in [1.54, 1.807) is 36.4 Å². The first-order valence-corrected chi connectivity index (χ1v) is 9.36. The summed E-state index contributed by atoms with van der Waals surface area (Å²) in [7, 11) is 0. The van der Waals surface area contributed by atoms with Crippen LogP contribution in [-0.4, -0.2) is 15.3 Å². The first-order valence-electron chi connectivity index (χ1n) is 8.22. The summed E-state index contributed by atoms with van der Waals surface area (Å²) in [6, 6.07) is 19.8. The van der Waals surface area contributed by atoms with E-state index in [-0.39, 0.29) is 12.3 Å². The van der Waals surface area contributed by atoms with E-state index in [9.17, 15) is 4.79 Å². The molecule has 0 amide bonds. The Morgan fingerprint density at radius 1 is 0.889 bits per heavy atom. The molecule has 0 aliphatic carbocycles. The molecule has 27 heavy (non-hydrogen) atoms. The van der Waals surface area contributed by atoms with Crippen molar-refractivity contribution in [3.05, 3.63) is 87.4 Å². The maximum atomic E-state index is 12.8. The molecule has 0 atom stereocenters. The first kappa shape index (κ1) is 18.1. The van der Waals surface area contributed by atoms with Crippen LogP contribution in [0, 0.1) is 0 Å². The van der Waals surface area contributed by atoms with Crippen LogP contribution in [0.2, 0.25) is 15.1 Å². The number of imidazole rings is 1. The number of hydrogen-bond donors (Lipinski definition) is 0. The average molecular weight is 416 g/mol. The highest BCUT2D eigenvalue weighted by atomic mass is 35.5. The molecule has 0 spiro atoms. The molecule has 134 valence electrons. The topological polar surface area (TPSA) is 34.9 Å². The van der Waals surface area contributed by atoms with Crippen LogP contribution in [0.15, 0.2) is 66.7 Å². The molecule has 0 saturated heterocycles. The first-order chi connectivity index (χ1) is 13.0. The van der Waals surface area contributed by atoms with E-state index < -0.39 is 0 Å². The van der Waals surface area contributed by atoms with Crippen molar-refractivity contribution < 1.29 is 4.79 Å². The van der Waals surface area contributed by atoms with E-state index >= 15 is 0 Å². The Kier molecular flexibility index (Phi) is 4.92. The molecule has 0 saturated carbocycles. The molecular formula is C21H13Cl3N2O. The van der Waals surface area contributed by atoms with Gasteiger partial charge in [-0.15, -0.1) is 0 Å². The van der Waals surface area contributed by atoms with E-state index in [0.29, 0.717) is 26.5 Å². The van der Waals surface area contributed by atoms with Crippen molar-refractivity contribution in [1.29, 1.82) is 0 Å². The summed E-state index contributed by atoms with van der Waals surface area (Å²) in [5, 5.41) is 1.62. The highest BCUT2D eigenvalue weighted by Gasteiger charge is 2.18. The fourth-order valence-corrected chi connectivity index (χ4v) is 3.60. The SMILES string of the molecule is O=C(Cn1c(-c2ccc(Cl)cc2Cl)nc2ccccc21)c1ccc(Cl)cc1. The summed E-state index contributed by atoms with van der Waals surface area (Å²) in [6.45, 7) is 0.135. The van der Waals surface area contributed by atoms with Crippen LogP contribution in [0.25, 0.3) is 22.4 Å². The number of para-hydroxylation sites is 2. The molecule has 0 N–H and O–H groups in total. The van der Waals surface area contributed by atoms with Gasteiger partial charge in [0.15, 0.2) is 5.78 Å². The second-order valence-corrected chi connectivity index (χ2v) is 7.34. The van der Waals surface area contributed by atoms with Gasteiger partial charge in [0.25, 0.3) is 0 Å². The van der Waals surface area contributed by atoms with E-state index in [0.717, 1.165) is 16.6 Å². The predicted octanol–water partition coefficient (Wildman–Crippen LogP) is 6.55. The lowest BCUT2D eigenvalue weighted by Gasteiger charge is -2.10. The smallest absolute Gasteiger partial charge is 0.182 e. The number of carbonyl (C=O) groups excluding carboxylic acids is 1. The van der Waals surface area contributed by atoms with Gasteiger partial charge in [0.05, 0.1) is 22.6 Å². The number of fused-ring (bicyclic) bond motifs is 1. The Labute approximate surface area is 171 Å². The second-order valence-electron chi connectivity index (χ2n) is 6.06. The summed E-state index contributed by atoms with van der Waals surface area (Å²) in [5.41, 5.74) is 2.97. The summed E-state index contributed by atoms with van der Waals surface area (Å²) in [5.74, 6) is 0.585. The fourth-order valence-electron chi connectivity index (χ4n) is 2.98. The van der Waals surface area contributed by atoms with Crippen molar-refractivity contribution in [3.63, 3.8) is 0 Å². The van der Waals surface area contributed by atoms with Crippen LogP contribution in [0.1, 0.15) is 10.4 Å². The van der Waals surface area contributed by atoms with E-state index in [1.165, 1.54) is 0 Å². The lowest BCUT2D eigenvalue weighted by molar-refractivity contribution is 0.0974. The number of nitrogens with zero attached hydrogens (tertiary/aromatic N) is 2. The van der Waals surface area contributed by atoms with E-state index in [2.05, 4.69) is 0 Å². The molecule has 0 radical (unpaired) electrons. The molecule has 3 nitrogen and oxygen atoms in total. The highest BCUT2D eigenvalue weighted by Crippen LogP contribution is 2.32. The molecule has 0 bridgehead atoms. The van der Waals surface area contributed by atoms with Crippen LogP contribution < -0.4 is 0 Å². The number of halogens is 3.